The van der Waals surface area contributed by atoms with Gasteiger partial charge >= 0.3 is 0 Å². The molecule has 4 heterocycles. The van der Waals surface area contributed by atoms with Crippen LogP contribution in [0.4, 0.5) is 4.39 Å². The first-order valence-corrected chi connectivity index (χ1v) is 14.8. The molecule has 0 spiro atoms. The Balaban J connectivity index is 1.41. The molecule has 1 aromatic carbocycles. The Morgan fingerprint density at radius 1 is 1.24 bits per heavy atom. The van der Waals surface area contributed by atoms with E-state index in [0.717, 1.165) is 16.9 Å². The summed E-state index contributed by atoms with van der Waals surface area (Å²) in [6.07, 6.45) is 6.70. The van der Waals surface area contributed by atoms with Gasteiger partial charge in [0.05, 0.1) is 23.5 Å². The SMILES string of the molecule is CCCn1nncc1S(=O)(=O)N1CC[C@H]2Cc3c(cnn3-c3ccc(F)cc3)C[C@]2(C(=O)c2nccs2)C1. The quantitative estimate of drug-likeness (QED) is 0.322. The highest BCUT2D eigenvalue weighted by Crippen LogP contribution is 2.48. The topological polar surface area (TPSA) is 116 Å². The number of nitrogens with zero attached hydrogens (tertiary/aromatic N) is 7. The van der Waals surface area contributed by atoms with Gasteiger partial charge in [-0.05, 0) is 61.4 Å². The Morgan fingerprint density at radius 2 is 2.05 bits per heavy atom. The summed E-state index contributed by atoms with van der Waals surface area (Å²) in [5, 5.41) is 14.5. The Bertz CT molecular complexity index is 1580. The summed E-state index contributed by atoms with van der Waals surface area (Å²) in [6.45, 7) is 2.69. The van der Waals surface area contributed by atoms with Crippen molar-refractivity contribution in [2.75, 3.05) is 13.1 Å². The maximum absolute atomic E-state index is 14.1. The van der Waals surface area contributed by atoms with Gasteiger partial charge < -0.3 is 0 Å². The van der Waals surface area contributed by atoms with Gasteiger partial charge in [0.1, 0.15) is 5.82 Å². The highest BCUT2D eigenvalue weighted by molar-refractivity contribution is 7.89. The van der Waals surface area contributed by atoms with Crippen molar-refractivity contribution in [3.63, 3.8) is 0 Å². The molecule has 0 radical (unpaired) electrons. The van der Waals surface area contributed by atoms with Crippen molar-refractivity contribution in [3.8, 4) is 5.69 Å². The standard InChI is InChI=1S/C25H26FN7O3S2/c1-2-9-32-22(15-28-30-32)38(35,36)31-10-7-18-12-21-17(14-29-33(21)20-5-3-19(26)4-6-20)13-25(18,16-31)23(34)24-27-8-11-37-24/h3-6,8,11,14-15,18H,2,7,9-10,12-13,16H2,1H3/t18-,25-/m0/s1. The zero-order valence-electron chi connectivity index (χ0n) is 20.7. The molecule has 0 saturated carbocycles. The first-order valence-electron chi connectivity index (χ1n) is 12.5. The third-order valence-electron chi connectivity index (χ3n) is 7.64. The van der Waals surface area contributed by atoms with Crippen molar-refractivity contribution in [2.24, 2.45) is 11.3 Å². The molecule has 1 fully saturated rings. The number of thiazole rings is 1. The minimum atomic E-state index is -3.94. The molecule has 0 amide bonds. The van der Waals surface area contributed by atoms with Gasteiger partial charge in [0.15, 0.2) is 15.8 Å². The molecular formula is C25H26FN7O3S2. The number of hydrogen-bond donors (Lipinski definition) is 0. The molecule has 10 nitrogen and oxygen atoms in total. The fourth-order valence-electron chi connectivity index (χ4n) is 5.79. The third kappa shape index (κ3) is 4.00. The molecule has 198 valence electrons. The van der Waals surface area contributed by atoms with E-state index in [-0.39, 0.29) is 35.6 Å². The average molecular weight is 556 g/mol. The number of aromatic nitrogens is 6. The van der Waals surface area contributed by atoms with Crippen molar-refractivity contribution >= 4 is 27.1 Å². The van der Waals surface area contributed by atoms with Gasteiger partial charge in [0.25, 0.3) is 10.0 Å². The summed E-state index contributed by atoms with van der Waals surface area (Å²) >= 11 is 1.27. The molecule has 2 aliphatic rings. The summed E-state index contributed by atoms with van der Waals surface area (Å²) in [7, 11) is -3.94. The van der Waals surface area contributed by atoms with Crippen molar-refractivity contribution in [1.82, 2.24) is 34.1 Å². The van der Waals surface area contributed by atoms with Gasteiger partial charge in [-0.3, -0.25) is 4.79 Å². The largest absolute Gasteiger partial charge is 0.291 e. The van der Waals surface area contributed by atoms with E-state index >= 15 is 0 Å². The normalized spacial score (nSPS) is 21.7. The molecule has 6 rings (SSSR count). The number of sulfonamides is 1. The summed E-state index contributed by atoms with van der Waals surface area (Å²) in [4.78, 5) is 18.4. The molecule has 2 atom stereocenters. The molecule has 38 heavy (non-hydrogen) atoms. The zero-order chi connectivity index (χ0) is 26.5. The number of benzene rings is 1. The van der Waals surface area contributed by atoms with Crippen LogP contribution in [0, 0.1) is 17.2 Å². The minimum Gasteiger partial charge on any atom is -0.291 e. The monoisotopic (exact) mass is 555 g/mol. The predicted molar refractivity (Wildman–Crippen MR) is 137 cm³/mol. The Morgan fingerprint density at radius 3 is 2.79 bits per heavy atom. The fraction of sp³-hybridized carbons (Fsp3) is 0.400. The van der Waals surface area contributed by atoms with Gasteiger partial charge in [-0.25, -0.2) is 27.2 Å². The van der Waals surface area contributed by atoms with Crippen LogP contribution in [0.25, 0.3) is 5.69 Å². The Labute approximate surface area is 223 Å². The van der Waals surface area contributed by atoms with Crippen LogP contribution in [0.1, 0.15) is 40.8 Å². The summed E-state index contributed by atoms with van der Waals surface area (Å²) in [6, 6.07) is 6.13. The van der Waals surface area contributed by atoms with E-state index in [9.17, 15) is 17.6 Å². The van der Waals surface area contributed by atoms with Crippen molar-refractivity contribution in [3.05, 3.63) is 70.3 Å². The summed E-state index contributed by atoms with van der Waals surface area (Å²) in [5.41, 5.74) is 1.59. The van der Waals surface area contributed by atoms with Gasteiger partial charge in [-0.15, -0.1) is 16.4 Å². The van der Waals surface area contributed by atoms with Gasteiger partial charge in [0.2, 0.25) is 0 Å². The van der Waals surface area contributed by atoms with Crippen LogP contribution < -0.4 is 0 Å². The molecule has 1 saturated heterocycles. The highest BCUT2D eigenvalue weighted by atomic mass is 32.2. The van der Waals surface area contributed by atoms with E-state index in [1.807, 2.05) is 6.92 Å². The lowest BCUT2D eigenvalue weighted by molar-refractivity contribution is 0.0398. The van der Waals surface area contributed by atoms with E-state index in [0.29, 0.717) is 37.2 Å². The number of rotatable bonds is 7. The molecule has 0 unspecified atom stereocenters. The maximum atomic E-state index is 14.1. The van der Waals surface area contributed by atoms with Crippen molar-refractivity contribution in [1.29, 1.82) is 0 Å². The summed E-state index contributed by atoms with van der Waals surface area (Å²) < 4.78 is 45.7. The number of aryl methyl sites for hydroxylation is 1. The second-order valence-corrected chi connectivity index (χ2v) is 12.6. The number of carbonyl (C=O) groups is 1. The molecule has 13 heteroatoms. The number of carbonyl (C=O) groups excluding carboxylic acids is 1. The smallest absolute Gasteiger partial charge is 0.261 e. The number of halogens is 1. The highest BCUT2D eigenvalue weighted by Gasteiger charge is 2.55. The number of piperidine rings is 1. The lowest BCUT2D eigenvalue weighted by Crippen LogP contribution is -2.57. The van der Waals surface area contributed by atoms with Crippen molar-refractivity contribution < 1.29 is 17.6 Å². The maximum Gasteiger partial charge on any atom is 0.261 e. The lowest BCUT2D eigenvalue weighted by Gasteiger charge is -2.48. The molecule has 1 aliphatic heterocycles. The number of fused-ring (bicyclic) bond motifs is 2. The van der Waals surface area contributed by atoms with Crippen LogP contribution in [0.15, 0.2) is 53.3 Å². The van der Waals surface area contributed by atoms with Crippen LogP contribution in [0.3, 0.4) is 0 Å². The van der Waals surface area contributed by atoms with Crippen LogP contribution >= 0.6 is 11.3 Å². The number of hydrogen-bond acceptors (Lipinski definition) is 8. The number of ketones is 1. The predicted octanol–water partition coefficient (Wildman–Crippen LogP) is 3.15. The van der Waals surface area contributed by atoms with E-state index in [1.54, 1.807) is 34.6 Å². The first-order chi connectivity index (χ1) is 18.3. The number of Topliss-reactive ketones (excluding diaryl/α,β-unsaturated/α-hetero) is 1. The van der Waals surface area contributed by atoms with E-state index in [1.165, 1.54) is 38.7 Å². The van der Waals surface area contributed by atoms with E-state index in [4.69, 9.17) is 0 Å². The van der Waals surface area contributed by atoms with Crippen LogP contribution in [-0.2, 0) is 29.4 Å². The van der Waals surface area contributed by atoms with E-state index in [2.05, 4.69) is 20.4 Å². The van der Waals surface area contributed by atoms with Crippen LogP contribution in [0.5, 0.6) is 0 Å². The Kier molecular flexibility index (Phi) is 6.23. The fourth-order valence-corrected chi connectivity index (χ4v) is 8.05. The Hall–Kier alpha value is -3.29. The van der Waals surface area contributed by atoms with Crippen molar-refractivity contribution in [2.45, 2.75) is 44.2 Å². The molecular weight excluding hydrogens is 529 g/mol. The molecule has 1 aliphatic carbocycles. The molecule has 0 bridgehead atoms. The van der Waals surface area contributed by atoms with Gasteiger partial charge in [0, 0.05) is 36.9 Å². The molecule has 4 aromatic rings. The lowest BCUT2D eigenvalue weighted by atomic mass is 9.61. The minimum absolute atomic E-state index is 0.0373. The third-order valence-corrected chi connectivity index (χ3v) is 10.2. The van der Waals surface area contributed by atoms with E-state index < -0.39 is 15.4 Å². The van der Waals surface area contributed by atoms with Crippen LogP contribution in [-0.4, -0.2) is 61.4 Å². The van der Waals surface area contributed by atoms with Gasteiger partial charge in [-0.1, -0.05) is 12.1 Å². The second kappa shape index (κ2) is 9.47. The summed E-state index contributed by atoms with van der Waals surface area (Å²) in [5.74, 6) is -0.586. The van der Waals surface area contributed by atoms with Gasteiger partial charge in [-0.2, -0.15) is 9.40 Å². The molecule has 3 aromatic heterocycles. The zero-order valence-corrected chi connectivity index (χ0v) is 22.3. The van der Waals surface area contributed by atoms with Crippen LogP contribution in [0.2, 0.25) is 0 Å². The molecule has 0 N–H and O–H groups in total. The average Bonchev–Trinajstić information content (AvgIpc) is 3.69. The second-order valence-electron chi connectivity index (χ2n) is 9.83. The first kappa shape index (κ1) is 25.0.